The van der Waals surface area contributed by atoms with Crippen molar-refractivity contribution < 1.29 is 4.74 Å². The van der Waals surface area contributed by atoms with Gasteiger partial charge in [0.15, 0.2) is 5.05 Å². The van der Waals surface area contributed by atoms with E-state index in [1.165, 1.54) is 11.8 Å². The molecule has 0 heterocycles. The van der Waals surface area contributed by atoms with Crippen LogP contribution in [0.15, 0.2) is 31.0 Å². The average Bonchev–Trinajstić information content (AvgIpc) is 2.10. The van der Waals surface area contributed by atoms with Crippen molar-refractivity contribution in [2.45, 2.75) is 13.8 Å². The molecule has 0 amide bonds. The van der Waals surface area contributed by atoms with Crippen molar-refractivity contribution in [1.82, 2.24) is 0 Å². The molecule has 0 unspecified atom stereocenters. The molecule has 0 aliphatic heterocycles. The highest BCUT2D eigenvalue weighted by atomic mass is 32.1. The molecule has 0 spiro atoms. The Morgan fingerprint density at radius 1 is 1.46 bits per heavy atom. The van der Waals surface area contributed by atoms with E-state index in [0.29, 0.717) is 5.05 Å². The minimum atomic E-state index is 0.483. The van der Waals surface area contributed by atoms with Crippen LogP contribution in [-0.4, -0.2) is 5.05 Å². The second-order valence-electron chi connectivity index (χ2n) is 2.82. The first kappa shape index (κ1) is 9.93. The van der Waals surface area contributed by atoms with Crippen molar-refractivity contribution in [3.8, 4) is 0 Å². The van der Waals surface area contributed by atoms with Gasteiger partial charge in [-0.05, 0) is 37.2 Å². The number of hydrogen-bond acceptors (Lipinski definition) is 2. The first-order valence-corrected chi connectivity index (χ1v) is 4.45. The SMILES string of the molecule is C=COC(=S)c1cccc(C)c1C. The highest BCUT2D eigenvalue weighted by molar-refractivity contribution is 7.80. The van der Waals surface area contributed by atoms with E-state index in [1.807, 2.05) is 19.1 Å². The molecular weight excluding hydrogens is 180 g/mol. The van der Waals surface area contributed by atoms with E-state index in [4.69, 9.17) is 17.0 Å². The zero-order chi connectivity index (χ0) is 9.84. The molecule has 1 rings (SSSR count). The number of benzene rings is 1. The summed E-state index contributed by atoms with van der Waals surface area (Å²) >= 11 is 5.07. The van der Waals surface area contributed by atoms with Crippen LogP contribution in [0, 0.1) is 13.8 Å². The van der Waals surface area contributed by atoms with Gasteiger partial charge in [0.2, 0.25) is 0 Å². The summed E-state index contributed by atoms with van der Waals surface area (Å²) in [6.45, 7) is 7.55. The molecule has 0 radical (unpaired) electrons. The molecule has 0 aliphatic carbocycles. The molecule has 1 nitrogen and oxygen atoms in total. The Hall–Kier alpha value is -1.15. The van der Waals surface area contributed by atoms with Crippen molar-refractivity contribution >= 4 is 17.3 Å². The van der Waals surface area contributed by atoms with E-state index in [9.17, 15) is 0 Å². The molecule has 0 saturated heterocycles. The highest BCUT2D eigenvalue weighted by Gasteiger charge is 2.05. The first-order chi connectivity index (χ1) is 6.16. The van der Waals surface area contributed by atoms with E-state index in [-0.39, 0.29) is 0 Å². The van der Waals surface area contributed by atoms with Crippen molar-refractivity contribution in [2.24, 2.45) is 0 Å². The predicted octanol–water partition coefficient (Wildman–Crippen LogP) is 3.14. The maximum absolute atomic E-state index is 5.07. The van der Waals surface area contributed by atoms with Gasteiger partial charge in [0, 0.05) is 5.56 Å². The second kappa shape index (κ2) is 4.19. The molecule has 1 aromatic carbocycles. The van der Waals surface area contributed by atoms with Crippen molar-refractivity contribution in [2.75, 3.05) is 0 Å². The molecule has 0 aliphatic rings. The van der Waals surface area contributed by atoms with Crippen LogP contribution in [0.5, 0.6) is 0 Å². The molecule has 0 bridgehead atoms. The monoisotopic (exact) mass is 192 g/mol. The fraction of sp³-hybridized carbons (Fsp3) is 0.182. The minimum Gasteiger partial charge on any atom is -0.453 e. The summed E-state index contributed by atoms with van der Waals surface area (Å²) in [6, 6.07) is 5.97. The minimum absolute atomic E-state index is 0.483. The van der Waals surface area contributed by atoms with E-state index in [0.717, 1.165) is 11.1 Å². The zero-order valence-corrected chi connectivity index (χ0v) is 8.65. The molecule has 0 aromatic heterocycles. The number of ether oxygens (including phenoxy) is 1. The van der Waals surface area contributed by atoms with E-state index >= 15 is 0 Å². The van der Waals surface area contributed by atoms with Crippen LogP contribution in [0.2, 0.25) is 0 Å². The Labute approximate surface area is 84.0 Å². The largest absolute Gasteiger partial charge is 0.453 e. The van der Waals surface area contributed by atoms with Gasteiger partial charge in [-0.3, -0.25) is 0 Å². The molecule has 0 N–H and O–H groups in total. The third kappa shape index (κ3) is 2.16. The van der Waals surface area contributed by atoms with Crippen LogP contribution in [-0.2, 0) is 4.74 Å². The quantitative estimate of drug-likeness (QED) is 0.526. The van der Waals surface area contributed by atoms with Crippen LogP contribution >= 0.6 is 12.2 Å². The van der Waals surface area contributed by atoms with E-state index in [2.05, 4.69) is 19.6 Å². The Morgan fingerprint density at radius 3 is 2.77 bits per heavy atom. The lowest BCUT2D eigenvalue weighted by atomic mass is 10.0. The Bertz CT molecular complexity index is 342. The van der Waals surface area contributed by atoms with Crippen molar-refractivity contribution in [3.63, 3.8) is 0 Å². The average molecular weight is 192 g/mol. The smallest absolute Gasteiger partial charge is 0.197 e. The Kier molecular flexibility index (Phi) is 3.20. The molecule has 0 saturated carbocycles. The normalized spacial score (nSPS) is 9.38. The van der Waals surface area contributed by atoms with Gasteiger partial charge >= 0.3 is 0 Å². The summed E-state index contributed by atoms with van der Waals surface area (Å²) in [6.07, 6.45) is 1.35. The first-order valence-electron chi connectivity index (χ1n) is 4.05. The molecular formula is C11H12OS. The lowest BCUT2D eigenvalue weighted by Gasteiger charge is -2.07. The summed E-state index contributed by atoms with van der Waals surface area (Å²) in [5, 5.41) is 0.483. The van der Waals surface area contributed by atoms with Gasteiger partial charge in [0.05, 0.1) is 6.26 Å². The van der Waals surface area contributed by atoms with Crippen LogP contribution in [0.1, 0.15) is 16.7 Å². The van der Waals surface area contributed by atoms with Gasteiger partial charge in [-0.2, -0.15) is 0 Å². The topological polar surface area (TPSA) is 9.23 Å². The molecule has 2 heteroatoms. The lowest BCUT2D eigenvalue weighted by molar-refractivity contribution is 0.488. The zero-order valence-electron chi connectivity index (χ0n) is 7.83. The maximum Gasteiger partial charge on any atom is 0.197 e. The van der Waals surface area contributed by atoms with E-state index in [1.54, 1.807) is 0 Å². The highest BCUT2D eigenvalue weighted by Crippen LogP contribution is 2.14. The summed E-state index contributed by atoms with van der Waals surface area (Å²) in [5.74, 6) is 0. The number of aryl methyl sites for hydroxylation is 1. The Balaban J connectivity index is 3.07. The number of rotatable bonds is 2. The fourth-order valence-corrected chi connectivity index (χ4v) is 1.40. The Morgan fingerprint density at radius 2 is 2.15 bits per heavy atom. The van der Waals surface area contributed by atoms with Gasteiger partial charge < -0.3 is 4.74 Å². The van der Waals surface area contributed by atoms with Crippen molar-refractivity contribution in [3.05, 3.63) is 47.7 Å². The second-order valence-corrected chi connectivity index (χ2v) is 3.19. The summed E-state index contributed by atoms with van der Waals surface area (Å²) in [5.41, 5.74) is 3.34. The maximum atomic E-state index is 5.07. The molecule has 1 aromatic rings. The van der Waals surface area contributed by atoms with Gasteiger partial charge in [-0.25, -0.2) is 0 Å². The standard InChI is InChI=1S/C11H12OS/c1-4-12-11(13)10-7-5-6-8(2)9(10)3/h4-7H,1H2,2-3H3. The fourth-order valence-electron chi connectivity index (χ4n) is 1.11. The third-order valence-corrected chi connectivity index (χ3v) is 2.33. The number of hydrogen-bond donors (Lipinski definition) is 0. The van der Waals surface area contributed by atoms with Gasteiger partial charge in [-0.1, -0.05) is 24.8 Å². The van der Waals surface area contributed by atoms with Crippen LogP contribution < -0.4 is 0 Å². The summed E-state index contributed by atoms with van der Waals surface area (Å²) in [7, 11) is 0. The summed E-state index contributed by atoms with van der Waals surface area (Å²) in [4.78, 5) is 0. The van der Waals surface area contributed by atoms with Gasteiger partial charge in [-0.15, -0.1) is 0 Å². The van der Waals surface area contributed by atoms with Gasteiger partial charge in [0.1, 0.15) is 0 Å². The predicted molar refractivity (Wildman–Crippen MR) is 58.9 cm³/mol. The molecule has 13 heavy (non-hydrogen) atoms. The molecule has 68 valence electrons. The number of thiocarbonyl (C=S) groups is 1. The third-order valence-electron chi connectivity index (χ3n) is 2.01. The van der Waals surface area contributed by atoms with Crippen molar-refractivity contribution in [1.29, 1.82) is 0 Å². The van der Waals surface area contributed by atoms with Crippen LogP contribution in [0.25, 0.3) is 0 Å². The van der Waals surface area contributed by atoms with E-state index < -0.39 is 0 Å². The lowest BCUT2D eigenvalue weighted by Crippen LogP contribution is -2.02. The van der Waals surface area contributed by atoms with Gasteiger partial charge in [0.25, 0.3) is 0 Å². The molecule has 0 fully saturated rings. The van der Waals surface area contributed by atoms with Crippen LogP contribution in [0.4, 0.5) is 0 Å². The van der Waals surface area contributed by atoms with Crippen LogP contribution in [0.3, 0.4) is 0 Å². The summed E-state index contributed by atoms with van der Waals surface area (Å²) < 4.78 is 5.06. The molecule has 0 atom stereocenters.